The molecule has 1 aliphatic heterocycles. The molecule has 6 heteroatoms. The number of rotatable bonds is 2. The van der Waals surface area contributed by atoms with Gasteiger partial charge in [0.25, 0.3) is 0 Å². The first-order chi connectivity index (χ1) is 12.1. The molecule has 1 heterocycles. The third kappa shape index (κ3) is 3.72. The smallest absolute Gasteiger partial charge is 0.417 e. The molecule has 1 aliphatic carbocycles. The van der Waals surface area contributed by atoms with E-state index in [2.05, 4.69) is 0 Å². The number of halogens is 2. The van der Waals surface area contributed by atoms with E-state index in [4.69, 9.17) is 27.9 Å². The van der Waals surface area contributed by atoms with Gasteiger partial charge in [-0.2, -0.15) is 0 Å². The van der Waals surface area contributed by atoms with Crippen LogP contribution in [0.3, 0.4) is 0 Å². The molecule has 26 heavy (non-hydrogen) atoms. The normalized spacial score (nSPS) is 22.7. The predicted molar refractivity (Wildman–Crippen MR) is 103 cm³/mol. The first-order valence-corrected chi connectivity index (χ1v) is 9.87. The van der Waals surface area contributed by atoms with Crippen molar-refractivity contribution in [1.82, 2.24) is 4.90 Å². The molecule has 2 amide bonds. The molecule has 3 rings (SSSR count). The maximum Gasteiger partial charge on any atom is 0.417 e. The number of likely N-dealkylation sites (tertiary alicyclic amines) is 1. The van der Waals surface area contributed by atoms with E-state index in [-0.39, 0.29) is 17.2 Å². The first kappa shape index (κ1) is 19.5. The maximum absolute atomic E-state index is 12.5. The summed E-state index contributed by atoms with van der Waals surface area (Å²) in [5.74, 6) is -0.0853. The van der Waals surface area contributed by atoms with Gasteiger partial charge in [-0.1, -0.05) is 42.1 Å². The fourth-order valence-corrected chi connectivity index (χ4v) is 4.61. The van der Waals surface area contributed by atoms with Gasteiger partial charge in [-0.3, -0.25) is 4.79 Å². The predicted octanol–water partition coefficient (Wildman–Crippen LogP) is 5.59. The summed E-state index contributed by atoms with van der Waals surface area (Å²) >= 11 is 12.3. The molecular formula is C20H25Cl2NO3. The monoisotopic (exact) mass is 397 g/mol. The van der Waals surface area contributed by atoms with Crippen LogP contribution >= 0.6 is 23.2 Å². The van der Waals surface area contributed by atoms with E-state index in [1.165, 1.54) is 4.90 Å². The van der Waals surface area contributed by atoms with Crippen LogP contribution in [0.2, 0.25) is 10.0 Å². The van der Waals surface area contributed by atoms with Crippen molar-refractivity contribution in [3.8, 4) is 0 Å². The zero-order chi connectivity index (χ0) is 19.1. The molecule has 0 aromatic heterocycles. The molecule has 1 atom stereocenters. The SMILES string of the molecule is CC(C)(C)OC(=O)N1CC(C2(c3ccc(Cl)c(Cl)c3)CCCC2)CC1=O. The summed E-state index contributed by atoms with van der Waals surface area (Å²) in [5, 5.41) is 1.06. The largest absolute Gasteiger partial charge is 0.443 e. The van der Waals surface area contributed by atoms with Gasteiger partial charge >= 0.3 is 6.09 Å². The van der Waals surface area contributed by atoms with Crippen molar-refractivity contribution < 1.29 is 14.3 Å². The minimum absolute atomic E-state index is 0.0715. The number of nitrogens with zero attached hydrogens (tertiary/aromatic N) is 1. The van der Waals surface area contributed by atoms with E-state index in [9.17, 15) is 9.59 Å². The molecule has 4 nitrogen and oxygen atoms in total. The van der Waals surface area contributed by atoms with E-state index in [1.807, 2.05) is 18.2 Å². The van der Waals surface area contributed by atoms with Gasteiger partial charge in [0.2, 0.25) is 5.91 Å². The van der Waals surface area contributed by atoms with E-state index in [0.29, 0.717) is 23.0 Å². The quantitative estimate of drug-likeness (QED) is 0.653. The van der Waals surface area contributed by atoms with Crippen LogP contribution in [-0.2, 0) is 14.9 Å². The fraction of sp³-hybridized carbons (Fsp3) is 0.600. The highest BCUT2D eigenvalue weighted by molar-refractivity contribution is 6.42. The number of ether oxygens (including phenoxy) is 1. The van der Waals surface area contributed by atoms with Crippen LogP contribution in [0.4, 0.5) is 4.79 Å². The average molecular weight is 398 g/mol. The summed E-state index contributed by atoms with van der Waals surface area (Å²) in [6, 6.07) is 5.76. The van der Waals surface area contributed by atoms with Crippen LogP contribution in [-0.4, -0.2) is 29.0 Å². The van der Waals surface area contributed by atoms with Gasteiger partial charge in [-0.05, 0) is 57.2 Å². The van der Waals surface area contributed by atoms with E-state index in [0.717, 1.165) is 31.2 Å². The Morgan fingerprint density at radius 1 is 1.19 bits per heavy atom. The second-order valence-corrected chi connectivity index (χ2v) is 9.19. The second kappa shape index (κ2) is 7.05. The standard InChI is InChI=1S/C20H25Cl2NO3/c1-19(2,3)26-18(25)23-12-14(11-17(23)24)20(8-4-5-9-20)13-6-7-15(21)16(22)10-13/h6-7,10,14H,4-5,8-9,11-12H2,1-3H3. The molecule has 0 N–H and O–H groups in total. The van der Waals surface area contributed by atoms with Crippen molar-refractivity contribution in [3.63, 3.8) is 0 Å². The topological polar surface area (TPSA) is 46.6 Å². The van der Waals surface area contributed by atoms with Gasteiger partial charge in [0.15, 0.2) is 0 Å². The van der Waals surface area contributed by atoms with Crippen molar-refractivity contribution in [2.45, 2.75) is 63.9 Å². The molecule has 142 valence electrons. The first-order valence-electron chi connectivity index (χ1n) is 9.11. The summed E-state index contributed by atoms with van der Waals surface area (Å²) in [4.78, 5) is 26.2. The van der Waals surface area contributed by atoms with E-state index >= 15 is 0 Å². The van der Waals surface area contributed by atoms with Crippen LogP contribution in [0.25, 0.3) is 0 Å². The van der Waals surface area contributed by atoms with E-state index < -0.39 is 11.7 Å². The van der Waals surface area contributed by atoms with Crippen molar-refractivity contribution in [2.24, 2.45) is 5.92 Å². The highest BCUT2D eigenvalue weighted by atomic mass is 35.5. The molecule has 1 aromatic rings. The summed E-state index contributed by atoms with van der Waals surface area (Å²) < 4.78 is 5.40. The zero-order valence-corrected chi connectivity index (χ0v) is 17.0. The van der Waals surface area contributed by atoms with Crippen LogP contribution in [0.15, 0.2) is 18.2 Å². The van der Waals surface area contributed by atoms with Crippen molar-refractivity contribution in [1.29, 1.82) is 0 Å². The Balaban J connectivity index is 1.87. The number of carbonyl (C=O) groups excluding carboxylic acids is 2. The molecular weight excluding hydrogens is 373 g/mol. The second-order valence-electron chi connectivity index (χ2n) is 8.38. The number of hydrogen-bond donors (Lipinski definition) is 0. The van der Waals surface area contributed by atoms with Crippen LogP contribution in [0, 0.1) is 5.92 Å². The lowest BCUT2D eigenvalue weighted by Gasteiger charge is -2.36. The molecule has 1 saturated heterocycles. The van der Waals surface area contributed by atoms with Crippen molar-refractivity contribution in [3.05, 3.63) is 33.8 Å². The van der Waals surface area contributed by atoms with Gasteiger partial charge in [0.1, 0.15) is 5.60 Å². The highest BCUT2D eigenvalue weighted by Crippen LogP contribution is 2.50. The number of imide groups is 1. The zero-order valence-electron chi connectivity index (χ0n) is 15.5. The van der Waals surface area contributed by atoms with Gasteiger partial charge in [-0.15, -0.1) is 0 Å². The molecule has 0 radical (unpaired) electrons. The fourth-order valence-electron chi connectivity index (χ4n) is 4.32. The third-order valence-electron chi connectivity index (χ3n) is 5.51. The summed E-state index contributed by atoms with van der Waals surface area (Å²) in [6.07, 6.45) is 4.01. The Hall–Kier alpha value is -1.26. The lowest BCUT2D eigenvalue weighted by Crippen LogP contribution is -2.39. The molecule has 2 fully saturated rings. The molecule has 0 bridgehead atoms. The summed E-state index contributed by atoms with van der Waals surface area (Å²) in [6.45, 7) is 5.80. The number of hydrogen-bond acceptors (Lipinski definition) is 3. The minimum Gasteiger partial charge on any atom is -0.443 e. The summed E-state index contributed by atoms with van der Waals surface area (Å²) in [5.41, 5.74) is 0.360. The van der Waals surface area contributed by atoms with Crippen LogP contribution in [0.1, 0.15) is 58.4 Å². The number of amides is 2. The number of benzene rings is 1. The molecule has 2 aliphatic rings. The average Bonchev–Trinajstić information content (AvgIpc) is 3.16. The lowest BCUT2D eigenvalue weighted by atomic mass is 9.68. The Morgan fingerprint density at radius 3 is 2.42 bits per heavy atom. The Kier molecular flexibility index (Phi) is 5.28. The number of carbonyl (C=O) groups is 2. The Labute approximate surface area is 164 Å². The van der Waals surface area contributed by atoms with Crippen molar-refractivity contribution in [2.75, 3.05) is 6.54 Å². The van der Waals surface area contributed by atoms with Gasteiger partial charge in [0, 0.05) is 18.4 Å². The Bertz CT molecular complexity index is 720. The molecule has 1 saturated carbocycles. The van der Waals surface area contributed by atoms with Gasteiger partial charge in [-0.25, -0.2) is 9.69 Å². The van der Waals surface area contributed by atoms with Crippen LogP contribution in [0.5, 0.6) is 0 Å². The molecule has 0 spiro atoms. The van der Waals surface area contributed by atoms with Crippen molar-refractivity contribution >= 4 is 35.2 Å². The molecule has 1 unspecified atom stereocenters. The molecule has 1 aromatic carbocycles. The third-order valence-corrected chi connectivity index (χ3v) is 6.25. The van der Waals surface area contributed by atoms with Gasteiger partial charge in [0.05, 0.1) is 10.0 Å². The maximum atomic E-state index is 12.5. The Morgan fingerprint density at radius 2 is 1.85 bits per heavy atom. The van der Waals surface area contributed by atoms with E-state index in [1.54, 1.807) is 20.8 Å². The van der Waals surface area contributed by atoms with Gasteiger partial charge < -0.3 is 4.74 Å². The van der Waals surface area contributed by atoms with Crippen LogP contribution < -0.4 is 0 Å². The lowest BCUT2D eigenvalue weighted by molar-refractivity contribution is -0.127. The minimum atomic E-state index is -0.621. The highest BCUT2D eigenvalue weighted by Gasteiger charge is 2.49. The summed E-state index contributed by atoms with van der Waals surface area (Å²) in [7, 11) is 0.